The van der Waals surface area contributed by atoms with Gasteiger partial charge in [0.1, 0.15) is 0 Å². The molecule has 1 fully saturated rings. The second-order valence-electron chi connectivity index (χ2n) is 6.07. The van der Waals surface area contributed by atoms with Gasteiger partial charge in [-0.15, -0.1) is 0 Å². The monoisotopic (exact) mass is 313 g/mol. The standard InChI is InChI=1S/C18H23N3O2/c1-3-17(22)20-8-10-21(11-9-20)18(23)12-15-13(2)19-16-7-5-4-6-14(15)16/h4-7,19H,3,8-12H2,1-2H3. The summed E-state index contributed by atoms with van der Waals surface area (Å²) in [7, 11) is 0. The smallest absolute Gasteiger partial charge is 0.227 e. The summed E-state index contributed by atoms with van der Waals surface area (Å²) >= 11 is 0. The third-order valence-corrected chi connectivity index (χ3v) is 4.64. The van der Waals surface area contributed by atoms with Crippen molar-refractivity contribution >= 4 is 22.7 Å². The van der Waals surface area contributed by atoms with Gasteiger partial charge >= 0.3 is 0 Å². The van der Waals surface area contributed by atoms with E-state index >= 15 is 0 Å². The molecule has 0 spiro atoms. The number of hydrogen-bond acceptors (Lipinski definition) is 2. The lowest BCUT2D eigenvalue weighted by atomic mass is 10.1. The minimum absolute atomic E-state index is 0.140. The Morgan fingerprint density at radius 2 is 1.65 bits per heavy atom. The van der Waals surface area contributed by atoms with E-state index in [1.807, 2.05) is 41.8 Å². The van der Waals surface area contributed by atoms with E-state index in [2.05, 4.69) is 11.1 Å². The number of para-hydroxylation sites is 1. The number of nitrogens with zero attached hydrogens (tertiary/aromatic N) is 2. The van der Waals surface area contributed by atoms with E-state index in [1.54, 1.807) is 0 Å². The van der Waals surface area contributed by atoms with Gasteiger partial charge < -0.3 is 14.8 Å². The van der Waals surface area contributed by atoms with E-state index in [1.165, 1.54) is 0 Å². The molecule has 1 aliphatic heterocycles. The average molecular weight is 313 g/mol. The van der Waals surface area contributed by atoms with Crippen LogP contribution >= 0.6 is 0 Å². The van der Waals surface area contributed by atoms with E-state index in [-0.39, 0.29) is 11.8 Å². The lowest BCUT2D eigenvalue weighted by Gasteiger charge is -2.34. The van der Waals surface area contributed by atoms with Gasteiger partial charge in [0.15, 0.2) is 0 Å². The Hall–Kier alpha value is -2.30. The molecule has 0 bridgehead atoms. The summed E-state index contributed by atoms with van der Waals surface area (Å²) in [5, 5.41) is 1.12. The molecule has 0 aliphatic carbocycles. The van der Waals surface area contributed by atoms with Gasteiger partial charge in [0.25, 0.3) is 0 Å². The van der Waals surface area contributed by atoms with Crippen LogP contribution in [0.4, 0.5) is 0 Å². The number of fused-ring (bicyclic) bond motifs is 1. The highest BCUT2D eigenvalue weighted by Gasteiger charge is 2.24. The van der Waals surface area contributed by atoms with Gasteiger partial charge in [-0.2, -0.15) is 0 Å². The molecule has 23 heavy (non-hydrogen) atoms. The predicted octanol–water partition coefficient (Wildman–Crippen LogP) is 2.10. The van der Waals surface area contributed by atoms with Gasteiger partial charge in [0, 0.05) is 49.2 Å². The number of rotatable bonds is 3. The molecule has 0 radical (unpaired) electrons. The lowest BCUT2D eigenvalue weighted by Crippen LogP contribution is -2.50. The van der Waals surface area contributed by atoms with Gasteiger partial charge in [-0.05, 0) is 18.6 Å². The van der Waals surface area contributed by atoms with Crippen LogP contribution in [0.25, 0.3) is 10.9 Å². The normalized spacial score (nSPS) is 15.2. The van der Waals surface area contributed by atoms with E-state index in [0.717, 1.165) is 22.2 Å². The first-order valence-corrected chi connectivity index (χ1v) is 8.22. The van der Waals surface area contributed by atoms with Crippen molar-refractivity contribution in [3.63, 3.8) is 0 Å². The molecule has 1 aromatic carbocycles. The summed E-state index contributed by atoms with van der Waals surface area (Å²) in [5.41, 5.74) is 3.21. The number of amides is 2. The fraction of sp³-hybridized carbons (Fsp3) is 0.444. The Morgan fingerprint density at radius 3 is 2.30 bits per heavy atom. The van der Waals surface area contributed by atoms with Crippen LogP contribution < -0.4 is 0 Å². The fourth-order valence-corrected chi connectivity index (χ4v) is 3.25. The van der Waals surface area contributed by atoms with Crippen LogP contribution in [-0.4, -0.2) is 52.8 Å². The van der Waals surface area contributed by atoms with Crippen molar-refractivity contribution in [2.75, 3.05) is 26.2 Å². The van der Waals surface area contributed by atoms with Crippen molar-refractivity contribution < 1.29 is 9.59 Å². The third-order valence-electron chi connectivity index (χ3n) is 4.64. The lowest BCUT2D eigenvalue weighted by molar-refractivity contribution is -0.139. The molecule has 2 amide bonds. The molecule has 2 heterocycles. The molecule has 1 aliphatic rings. The number of aromatic nitrogens is 1. The summed E-state index contributed by atoms with van der Waals surface area (Å²) in [5.74, 6) is 0.311. The quantitative estimate of drug-likeness (QED) is 0.943. The Labute approximate surface area is 136 Å². The van der Waals surface area contributed by atoms with Crippen LogP contribution in [0.3, 0.4) is 0 Å². The molecule has 0 atom stereocenters. The topological polar surface area (TPSA) is 56.4 Å². The number of H-pyrrole nitrogens is 1. The molecule has 1 N–H and O–H groups in total. The number of benzene rings is 1. The maximum Gasteiger partial charge on any atom is 0.227 e. The van der Waals surface area contributed by atoms with Crippen molar-refractivity contribution in [3.8, 4) is 0 Å². The molecule has 1 aromatic heterocycles. The molecular weight excluding hydrogens is 290 g/mol. The zero-order chi connectivity index (χ0) is 16.4. The fourth-order valence-electron chi connectivity index (χ4n) is 3.25. The van der Waals surface area contributed by atoms with Crippen molar-refractivity contribution in [1.29, 1.82) is 0 Å². The zero-order valence-corrected chi connectivity index (χ0v) is 13.8. The second kappa shape index (κ2) is 6.44. The number of carbonyl (C=O) groups excluding carboxylic acids is 2. The average Bonchev–Trinajstić information content (AvgIpc) is 2.90. The van der Waals surface area contributed by atoms with Gasteiger partial charge in [-0.1, -0.05) is 25.1 Å². The van der Waals surface area contributed by atoms with Crippen LogP contribution in [0.2, 0.25) is 0 Å². The van der Waals surface area contributed by atoms with Crippen molar-refractivity contribution in [3.05, 3.63) is 35.5 Å². The number of nitrogens with one attached hydrogen (secondary N) is 1. The van der Waals surface area contributed by atoms with Crippen molar-refractivity contribution in [2.45, 2.75) is 26.7 Å². The van der Waals surface area contributed by atoms with Crippen LogP contribution in [0.5, 0.6) is 0 Å². The Balaban J connectivity index is 1.68. The molecule has 122 valence electrons. The first-order chi connectivity index (χ1) is 11.1. The van der Waals surface area contributed by atoms with Gasteiger partial charge in [-0.3, -0.25) is 9.59 Å². The minimum atomic E-state index is 0.140. The van der Waals surface area contributed by atoms with Crippen molar-refractivity contribution in [1.82, 2.24) is 14.8 Å². The summed E-state index contributed by atoms with van der Waals surface area (Å²) in [6.45, 7) is 6.44. The molecule has 3 rings (SSSR count). The van der Waals surface area contributed by atoms with E-state index in [0.29, 0.717) is 39.0 Å². The first kappa shape index (κ1) is 15.6. The number of aryl methyl sites for hydroxylation is 1. The third kappa shape index (κ3) is 3.09. The maximum absolute atomic E-state index is 12.6. The molecule has 5 nitrogen and oxygen atoms in total. The van der Waals surface area contributed by atoms with Gasteiger partial charge in [-0.25, -0.2) is 0 Å². The molecular formula is C18H23N3O2. The highest BCUT2D eigenvalue weighted by molar-refractivity contribution is 5.90. The number of piperazine rings is 1. The molecule has 5 heteroatoms. The summed E-state index contributed by atoms with van der Waals surface area (Å²) < 4.78 is 0. The largest absolute Gasteiger partial charge is 0.358 e. The Morgan fingerprint density at radius 1 is 1.04 bits per heavy atom. The Bertz CT molecular complexity index is 727. The molecule has 0 unspecified atom stereocenters. The highest BCUT2D eigenvalue weighted by atomic mass is 16.2. The Kier molecular flexibility index (Phi) is 4.37. The van der Waals surface area contributed by atoms with Gasteiger partial charge in [0.2, 0.25) is 11.8 Å². The van der Waals surface area contributed by atoms with Crippen LogP contribution in [0.15, 0.2) is 24.3 Å². The van der Waals surface area contributed by atoms with E-state index in [9.17, 15) is 9.59 Å². The van der Waals surface area contributed by atoms with Crippen LogP contribution in [0.1, 0.15) is 24.6 Å². The number of hydrogen-bond donors (Lipinski definition) is 1. The van der Waals surface area contributed by atoms with E-state index in [4.69, 9.17) is 0 Å². The number of aromatic amines is 1. The zero-order valence-electron chi connectivity index (χ0n) is 13.8. The van der Waals surface area contributed by atoms with Crippen LogP contribution in [-0.2, 0) is 16.0 Å². The minimum Gasteiger partial charge on any atom is -0.358 e. The second-order valence-corrected chi connectivity index (χ2v) is 6.07. The van der Waals surface area contributed by atoms with Crippen molar-refractivity contribution in [2.24, 2.45) is 0 Å². The highest BCUT2D eigenvalue weighted by Crippen LogP contribution is 2.23. The summed E-state index contributed by atoms with van der Waals surface area (Å²) in [6.07, 6.45) is 0.944. The van der Waals surface area contributed by atoms with Gasteiger partial charge in [0.05, 0.1) is 6.42 Å². The van der Waals surface area contributed by atoms with E-state index < -0.39 is 0 Å². The molecule has 0 saturated carbocycles. The maximum atomic E-state index is 12.6. The summed E-state index contributed by atoms with van der Waals surface area (Å²) in [6, 6.07) is 8.08. The van der Waals surface area contributed by atoms with Crippen LogP contribution in [0, 0.1) is 6.92 Å². The molecule has 1 saturated heterocycles. The SMILES string of the molecule is CCC(=O)N1CCN(C(=O)Cc2c(C)[nH]c3ccccc23)CC1. The number of carbonyl (C=O) groups is 2. The first-order valence-electron chi connectivity index (χ1n) is 8.22. The molecule has 2 aromatic rings. The predicted molar refractivity (Wildman–Crippen MR) is 90.2 cm³/mol. The summed E-state index contributed by atoms with van der Waals surface area (Å²) in [4.78, 5) is 31.4.